The van der Waals surface area contributed by atoms with Gasteiger partial charge in [0, 0.05) is 32.1 Å². The Hall–Kier alpha value is -1.36. The summed E-state index contributed by atoms with van der Waals surface area (Å²) in [6, 6.07) is 1.58. The van der Waals surface area contributed by atoms with Gasteiger partial charge in [0.1, 0.15) is 11.6 Å². The average molecular weight is 264 g/mol. The summed E-state index contributed by atoms with van der Waals surface area (Å²) in [4.78, 5) is 23.5. The number of likely N-dealkylation sites (tertiary alicyclic amines) is 1. The highest BCUT2D eigenvalue weighted by molar-refractivity contribution is 5.36. The summed E-state index contributed by atoms with van der Waals surface area (Å²) in [6.45, 7) is 8.43. The van der Waals surface area contributed by atoms with E-state index < -0.39 is 0 Å². The lowest BCUT2D eigenvalue weighted by atomic mass is 10.2. The summed E-state index contributed by atoms with van der Waals surface area (Å²) in [7, 11) is 2.00. The zero-order valence-electron chi connectivity index (χ0n) is 12.1. The Morgan fingerprint density at radius 2 is 2.11 bits per heavy atom. The molecule has 0 spiro atoms. The summed E-state index contributed by atoms with van der Waals surface area (Å²) >= 11 is 0. The van der Waals surface area contributed by atoms with E-state index in [1.54, 1.807) is 6.07 Å². The zero-order chi connectivity index (χ0) is 13.8. The van der Waals surface area contributed by atoms with Crippen molar-refractivity contribution in [1.29, 1.82) is 0 Å². The summed E-state index contributed by atoms with van der Waals surface area (Å²) in [5, 5.41) is 0. The molecule has 0 unspecified atom stereocenters. The molecular weight excluding hydrogens is 240 g/mol. The van der Waals surface area contributed by atoms with Crippen LogP contribution in [0.2, 0.25) is 0 Å². The maximum absolute atomic E-state index is 11.6. The van der Waals surface area contributed by atoms with Crippen LogP contribution in [0.5, 0.6) is 0 Å². The van der Waals surface area contributed by atoms with Gasteiger partial charge in [-0.25, -0.2) is 4.98 Å². The van der Waals surface area contributed by atoms with Crippen LogP contribution in [0.4, 0.5) is 5.82 Å². The van der Waals surface area contributed by atoms with E-state index in [0.717, 1.165) is 24.7 Å². The first kappa shape index (κ1) is 14.1. The van der Waals surface area contributed by atoms with Crippen LogP contribution in [0.25, 0.3) is 0 Å². The molecule has 19 heavy (non-hydrogen) atoms. The largest absolute Gasteiger partial charge is 0.358 e. The lowest BCUT2D eigenvalue weighted by molar-refractivity contribution is 0.346. The number of likely N-dealkylation sites (N-methyl/N-ethyl adjacent to an activating group) is 1. The molecule has 1 aromatic rings. The molecule has 1 aliphatic rings. The standard InChI is InChI=1S/C14H24N4O/c1-11(2)14-15-12(10-13(19)16-14)17(3)8-9-18-6-4-5-7-18/h10-11H,4-9H2,1-3H3,(H,15,16,19). The van der Waals surface area contributed by atoms with Crippen molar-refractivity contribution in [2.24, 2.45) is 0 Å². The third-order valence-corrected chi connectivity index (χ3v) is 3.63. The molecule has 106 valence electrons. The van der Waals surface area contributed by atoms with E-state index in [9.17, 15) is 4.79 Å². The van der Waals surface area contributed by atoms with Crippen molar-refractivity contribution in [3.8, 4) is 0 Å². The van der Waals surface area contributed by atoms with E-state index in [1.807, 2.05) is 20.9 Å². The van der Waals surface area contributed by atoms with Crippen LogP contribution in [0, 0.1) is 0 Å². The predicted octanol–water partition coefficient (Wildman–Crippen LogP) is 1.43. The smallest absolute Gasteiger partial charge is 0.252 e. The van der Waals surface area contributed by atoms with Gasteiger partial charge in [0.2, 0.25) is 0 Å². The maximum Gasteiger partial charge on any atom is 0.252 e. The number of rotatable bonds is 5. The number of hydrogen-bond donors (Lipinski definition) is 1. The first-order chi connectivity index (χ1) is 9.06. The van der Waals surface area contributed by atoms with Crippen LogP contribution < -0.4 is 10.5 Å². The molecule has 1 saturated heterocycles. The van der Waals surface area contributed by atoms with Crippen LogP contribution in [-0.2, 0) is 0 Å². The van der Waals surface area contributed by atoms with Gasteiger partial charge in [-0.15, -0.1) is 0 Å². The summed E-state index contributed by atoms with van der Waals surface area (Å²) < 4.78 is 0. The van der Waals surface area contributed by atoms with Gasteiger partial charge in [-0.2, -0.15) is 0 Å². The minimum absolute atomic E-state index is 0.0678. The molecule has 0 aliphatic carbocycles. The second kappa shape index (κ2) is 6.19. The van der Waals surface area contributed by atoms with Gasteiger partial charge in [0.05, 0.1) is 0 Å². The van der Waals surface area contributed by atoms with Crippen LogP contribution in [0.3, 0.4) is 0 Å². The third kappa shape index (κ3) is 3.80. The van der Waals surface area contributed by atoms with Crippen molar-refractivity contribution in [2.75, 3.05) is 38.1 Å². The average Bonchev–Trinajstić information content (AvgIpc) is 2.88. The molecular formula is C14H24N4O. The number of H-pyrrole nitrogens is 1. The molecule has 2 rings (SSSR count). The number of aromatic nitrogens is 2. The van der Waals surface area contributed by atoms with Crippen LogP contribution in [-0.4, -0.2) is 48.1 Å². The SMILES string of the molecule is CC(C)c1nc(N(C)CCN2CCCC2)cc(=O)[nH]1. The Labute approximate surface area is 114 Å². The van der Waals surface area contributed by atoms with E-state index in [-0.39, 0.29) is 11.5 Å². The molecule has 0 atom stereocenters. The monoisotopic (exact) mass is 264 g/mol. The highest BCUT2D eigenvalue weighted by Crippen LogP contribution is 2.12. The number of nitrogens with zero attached hydrogens (tertiary/aromatic N) is 3. The predicted molar refractivity (Wildman–Crippen MR) is 77.9 cm³/mol. The second-order valence-corrected chi connectivity index (χ2v) is 5.61. The Balaban J connectivity index is 2.01. The van der Waals surface area contributed by atoms with Gasteiger partial charge in [-0.3, -0.25) is 4.79 Å². The highest BCUT2D eigenvalue weighted by atomic mass is 16.1. The maximum atomic E-state index is 11.6. The fraction of sp³-hybridized carbons (Fsp3) is 0.714. The summed E-state index contributed by atoms with van der Waals surface area (Å²) in [6.07, 6.45) is 2.62. The fourth-order valence-electron chi connectivity index (χ4n) is 2.34. The quantitative estimate of drug-likeness (QED) is 0.874. The topological polar surface area (TPSA) is 52.2 Å². The van der Waals surface area contributed by atoms with Crippen molar-refractivity contribution in [2.45, 2.75) is 32.6 Å². The zero-order valence-corrected chi connectivity index (χ0v) is 12.1. The first-order valence-corrected chi connectivity index (χ1v) is 7.11. The van der Waals surface area contributed by atoms with Gasteiger partial charge < -0.3 is 14.8 Å². The molecule has 0 saturated carbocycles. The van der Waals surface area contributed by atoms with Crippen molar-refractivity contribution in [3.63, 3.8) is 0 Å². The van der Waals surface area contributed by atoms with E-state index in [4.69, 9.17) is 0 Å². The van der Waals surface area contributed by atoms with Crippen molar-refractivity contribution < 1.29 is 0 Å². The molecule has 1 N–H and O–H groups in total. The molecule has 0 aromatic carbocycles. The van der Waals surface area contributed by atoms with Crippen molar-refractivity contribution in [3.05, 3.63) is 22.2 Å². The Bertz CT molecular complexity index is 463. The number of hydrogen-bond acceptors (Lipinski definition) is 4. The molecule has 2 heterocycles. The fourth-order valence-corrected chi connectivity index (χ4v) is 2.34. The van der Waals surface area contributed by atoms with E-state index >= 15 is 0 Å². The van der Waals surface area contributed by atoms with Gasteiger partial charge in [0.25, 0.3) is 5.56 Å². The van der Waals surface area contributed by atoms with Gasteiger partial charge in [-0.05, 0) is 25.9 Å². The van der Waals surface area contributed by atoms with Crippen LogP contribution in [0.1, 0.15) is 38.4 Å². The van der Waals surface area contributed by atoms with E-state index in [1.165, 1.54) is 25.9 Å². The Kier molecular flexibility index (Phi) is 4.58. The molecule has 1 fully saturated rings. The molecule has 5 heteroatoms. The van der Waals surface area contributed by atoms with Crippen LogP contribution >= 0.6 is 0 Å². The second-order valence-electron chi connectivity index (χ2n) is 5.61. The molecule has 5 nitrogen and oxygen atoms in total. The number of anilines is 1. The van der Waals surface area contributed by atoms with Gasteiger partial charge in [-0.1, -0.05) is 13.8 Å². The Morgan fingerprint density at radius 3 is 2.74 bits per heavy atom. The van der Waals surface area contributed by atoms with Crippen molar-refractivity contribution in [1.82, 2.24) is 14.9 Å². The lowest BCUT2D eigenvalue weighted by Gasteiger charge is -2.22. The Morgan fingerprint density at radius 1 is 1.42 bits per heavy atom. The number of aromatic amines is 1. The van der Waals surface area contributed by atoms with E-state index in [2.05, 4.69) is 19.8 Å². The molecule has 0 amide bonds. The molecule has 1 aliphatic heterocycles. The number of nitrogens with one attached hydrogen (secondary N) is 1. The minimum Gasteiger partial charge on any atom is -0.358 e. The van der Waals surface area contributed by atoms with Crippen molar-refractivity contribution >= 4 is 5.82 Å². The first-order valence-electron chi connectivity index (χ1n) is 7.11. The molecule has 1 aromatic heterocycles. The van der Waals surface area contributed by atoms with Gasteiger partial charge in [0.15, 0.2) is 0 Å². The van der Waals surface area contributed by atoms with E-state index in [0.29, 0.717) is 0 Å². The van der Waals surface area contributed by atoms with Gasteiger partial charge >= 0.3 is 0 Å². The molecule has 0 radical (unpaired) electrons. The normalized spacial score (nSPS) is 16.2. The summed E-state index contributed by atoms with van der Waals surface area (Å²) in [5.74, 6) is 1.77. The third-order valence-electron chi connectivity index (χ3n) is 3.63. The lowest BCUT2D eigenvalue weighted by Crippen LogP contribution is -2.32. The molecule has 0 bridgehead atoms. The highest BCUT2D eigenvalue weighted by Gasteiger charge is 2.13. The van der Waals surface area contributed by atoms with Crippen LogP contribution in [0.15, 0.2) is 10.9 Å². The minimum atomic E-state index is -0.0678. The summed E-state index contributed by atoms with van der Waals surface area (Å²) in [5.41, 5.74) is -0.0678.